The van der Waals surface area contributed by atoms with Crippen molar-refractivity contribution in [1.29, 1.82) is 0 Å². The lowest BCUT2D eigenvalue weighted by Gasteiger charge is -2.15. The minimum atomic E-state index is 0.465. The van der Waals surface area contributed by atoms with Crippen molar-refractivity contribution in [2.24, 2.45) is 5.73 Å². The van der Waals surface area contributed by atoms with Gasteiger partial charge in [0.2, 0.25) is 0 Å². The highest BCUT2D eigenvalue weighted by Crippen LogP contribution is 2.36. The van der Waals surface area contributed by atoms with E-state index in [0.29, 0.717) is 11.4 Å². The average molecular weight is 390 g/mol. The quantitative estimate of drug-likeness (QED) is 0.368. The summed E-state index contributed by atoms with van der Waals surface area (Å²) in [7, 11) is 0. The molecule has 0 saturated carbocycles. The third-order valence-corrected chi connectivity index (χ3v) is 5.07. The fourth-order valence-corrected chi connectivity index (χ4v) is 3.37. The Morgan fingerprint density at radius 1 is 0.857 bits per heavy atom. The van der Waals surface area contributed by atoms with Crippen LogP contribution in [0.4, 0.5) is 5.69 Å². The molecule has 0 spiro atoms. The van der Waals surface area contributed by atoms with Crippen LogP contribution < -0.4 is 16.8 Å². The van der Waals surface area contributed by atoms with Crippen LogP contribution in [0.2, 0.25) is 0 Å². The second-order valence-corrected chi connectivity index (χ2v) is 7.40. The van der Waals surface area contributed by atoms with E-state index in [1.54, 1.807) is 0 Å². The number of nitrogens with two attached hydrogens (primary N) is 2. The molecule has 0 aliphatic carbocycles. The molecule has 3 nitrogen and oxygen atoms in total. The number of nitrogen functional groups attached to an aromatic ring is 1. The molecule has 1 heterocycles. The van der Waals surface area contributed by atoms with E-state index in [1.807, 2.05) is 48.5 Å². The molecule has 5 N–H and O–H groups in total. The van der Waals surface area contributed by atoms with Gasteiger partial charge in [0.15, 0.2) is 0 Å². The van der Waals surface area contributed by atoms with Gasteiger partial charge in [-0.3, -0.25) is 0 Å². The molecule has 1 fully saturated rings. The molecule has 0 bridgehead atoms. The van der Waals surface area contributed by atoms with Gasteiger partial charge in [0.05, 0.1) is 0 Å². The van der Waals surface area contributed by atoms with Gasteiger partial charge in [0.1, 0.15) is 0 Å². The van der Waals surface area contributed by atoms with Crippen LogP contribution in [0.1, 0.15) is 18.4 Å². The predicted molar refractivity (Wildman–Crippen MR) is 124 cm³/mol. The fourth-order valence-electron chi connectivity index (χ4n) is 3.22. The number of benzene rings is 3. The van der Waals surface area contributed by atoms with E-state index in [-0.39, 0.29) is 0 Å². The van der Waals surface area contributed by atoms with Crippen LogP contribution in [0, 0.1) is 0 Å². The zero-order valence-corrected chi connectivity index (χ0v) is 16.9. The number of hydrogen-bond donors (Lipinski definition) is 4. The summed E-state index contributed by atoms with van der Waals surface area (Å²) in [6.45, 7) is 6.36. The zero-order chi connectivity index (χ0) is 19.9. The van der Waals surface area contributed by atoms with E-state index >= 15 is 0 Å². The van der Waals surface area contributed by atoms with Gasteiger partial charge in [0.25, 0.3) is 0 Å². The lowest BCUT2D eigenvalue weighted by molar-refractivity contribution is 0.857. The SMILES string of the molecule is C1CCNC1.C=C(N)c1cc(-c2ccccc2)cc(-c2ccc(S)cc2)c1N. The number of hydrogen-bond acceptors (Lipinski definition) is 4. The smallest absolute Gasteiger partial charge is 0.0488 e. The van der Waals surface area contributed by atoms with Crippen LogP contribution in [0.3, 0.4) is 0 Å². The number of anilines is 1. The van der Waals surface area contributed by atoms with Crippen molar-refractivity contribution in [1.82, 2.24) is 5.32 Å². The summed E-state index contributed by atoms with van der Waals surface area (Å²) in [6, 6.07) is 22.1. The average Bonchev–Trinajstić information content (AvgIpc) is 3.30. The highest BCUT2D eigenvalue weighted by molar-refractivity contribution is 7.80. The van der Waals surface area contributed by atoms with Crippen LogP contribution in [-0.2, 0) is 0 Å². The van der Waals surface area contributed by atoms with E-state index in [2.05, 4.69) is 42.7 Å². The summed E-state index contributed by atoms with van der Waals surface area (Å²) in [5, 5.41) is 3.22. The van der Waals surface area contributed by atoms with Gasteiger partial charge < -0.3 is 16.8 Å². The molecule has 0 radical (unpaired) electrons. The third-order valence-electron chi connectivity index (χ3n) is 4.77. The molecule has 144 valence electrons. The van der Waals surface area contributed by atoms with Gasteiger partial charge in [-0.15, -0.1) is 12.6 Å². The lowest BCUT2D eigenvalue weighted by atomic mass is 9.93. The minimum absolute atomic E-state index is 0.465. The highest BCUT2D eigenvalue weighted by Gasteiger charge is 2.12. The van der Waals surface area contributed by atoms with Crippen molar-refractivity contribution in [2.75, 3.05) is 18.8 Å². The Morgan fingerprint density at radius 3 is 2.04 bits per heavy atom. The summed E-state index contributed by atoms with van der Waals surface area (Å²) < 4.78 is 0. The van der Waals surface area contributed by atoms with E-state index in [1.165, 1.54) is 25.9 Å². The summed E-state index contributed by atoms with van der Waals surface area (Å²) in [5.41, 5.74) is 18.3. The molecule has 0 unspecified atom stereocenters. The van der Waals surface area contributed by atoms with Gasteiger partial charge in [-0.05, 0) is 66.9 Å². The van der Waals surface area contributed by atoms with Crippen LogP contribution >= 0.6 is 12.6 Å². The summed E-state index contributed by atoms with van der Waals surface area (Å²) in [5.74, 6) is 0. The van der Waals surface area contributed by atoms with Gasteiger partial charge in [-0.2, -0.15) is 0 Å². The van der Waals surface area contributed by atoms with Crippen molar-refractivity contribution in [3.8, 4) is 22.3 Å². The Morgan fingerprint density at radius 2 is 1.50 bits per heavy atom. The maximum atomic E-state index is 6.34. The highest BCUT2D eigenvalue weighted by atomic mass is 32.1. The summed E-state index contributed by atoms with van der Waals surface area (Å²) in [4.78, 5) is 0.912. The number of thiol groups is 1. The maximum Gasteiger partial charge on any atom is 0.0488 e. The van der Waals surface area contributed by atoms with Gasteiger partial charge in [0, 0.05) is 27.4 Å². The first-order valence-corrected chi connectivity index (χ1v) is 9.95. The molecule has 3 aromatic carbocycles. The third kappa shape index (κ3) is 4.97. The van der Waals surface area contributed by atoms with Crippen LogP contribution in [0.15, 0.2) is 78.2 Å². The van der Waals surface area contributed by atoms with Crippen molar-refractivity contribution in [2.45, 2.75) is 17.7 Å². The first kappa shape index (κ1) is 20.1. The second-order valence-electron chi connectivity index (χ2n) is 6.88. The predicted octanol–water partition coefficient (Wildman–Crippen LogP) is 5.19. The van der Waals surface area contributed by atoms with Gasteiger partial charge in [-0.25, -0.2) is 0 Å². The molecule has 1 aliphatic rings. The molecule has 4 rings (SSSR count). The fraction of sp³-hybridized carbons (Fsp3) is 0.167. The molecular weight excluding hydrogens is 362 g/mol. The van der Waals surface area contributed by atoms with Crippen molar-refractivity contribution in [3.63, 3.8) is 0 Å². The van der Waals surface area contributed by atoms with E-state index in [9.17, 15) is 0 Å². The second kappa shape index (κ2) is 9.49. The first-order chi connectivity index (χ1) is 13.6. The van der Waals surface area contributed by atoms with E-state index < -0.39 is 0 Å². The topological polar surface area (TPSA) is 64.1 Å². The Labute approximate surface area is 172 Å². The Bertz CT molecular complexity index is 922. The zero-order valence-electron chi connectivity index (χ0n) is 16.0. The molecule has 1 aliphatic heterocycles. The first-order valence-electron chi connectivity index (χ1n) is 9.50. The molecule has 1 saturated heterocycles. The molecular formula is C24H27N3S. The Hall–Kier alpha value is -2.69. The molecule has 3 aromatic rings. The summed E-state index contributed by atoms with van der Waals surface area (Å²) >= 11 is 4.34. The normalized spacial score (nSPS) is 12.9. The number of nitrogens with one attached hydrogen (secondary N) is 1. The maximum absolute atomic E-state index is 6.34. The van der Waals surface area contributed by atoms with E-state index in [4.69, 9.17) is 11.5 Å². The molecule has 0 aromatic heterocycles. The lowest BCUT2D eigenvalue weighted by Crippen LogP contribution is -2.03. The van der Waals surface area contributed by atoms with E-state index in [0.717, 1.165) is 32.7 Å². The monoisotopic (exact) mass is 389 g/mol. The Balaban J connectivity index is 0.000000391. The van der Waals surface area contributed by atoms with Crippen molar-refractivity contribution < 1.29 is 0 Å². The Kier molecular flexibility index (Phi) is 6.80. The number of rotatable bonds is 3. The molecule has 4 heteroatoms. The van der Waals surface area contributed by atoms with Crippen LogP contribution in [0.25, 0.3) is 28.0 Å². The van der Waals surface area contributed by atoms with Crippen molar-refractivity contribution >= 4 is 24.0 Å². The minimum Gasteiger partial charge on any atom is -0.399 e. The van der Waals surface area contributed by atoms with Gasteiger partial charge in [-0.1, -0.05) is 49.0 Å². The van der Waals surface area contributed by atoms with Crippen molar-refractivity contribution in [3.05, 3.63) is 78.9 Å². The largest absolute Gasteiger partial charge is 0.399 e. The van der Waals surface area contributed by atoms with Crippen LogP contribution in [-0.4, -0.2) is 13.1 Å². The molecule has 0 atom stereocenters. The standard InChI is InChI=1S/C20H18N2S.C4H9N/c1-13(21)18-11-16(14-5-3-2-4-6-14)12-19(20(18)22)15-7-9-17(23)10-8-15;1-2-4-5-3-1/h2-12,23H,1,21-22H2;5H,1-4H2. The van der Waals surface area contributed by atoms with Crippen LogP contribution in [0.5, 0.6) is 0 Å². The summed E-state index contributed by atoms with van der Waals surface area (Å²) in [6.07, 6.45) is 2.78. The molecule has 28 heavy (non-hydrogen) atoms. The molecule has 0 amide bonds. The van der Waals surface area contributed by atoms with Gasteiger partial charge >= 0.3 is 0 Å².